The van der Waals surface area contributed by atoms with Gasteiger partial charge in [-0.05, 0) is 98.9 Å². The fourth-order valence-electron chi connectivity index (χ4n) is 7.71. The number of benzene rings is 3. The number of aliphatic hydroxyl groups excluding tert-OH is 1. The molecule has 0 amide bonds. The third-order valence-corrected chi connectivity index (χ3v) is 11.5. The average molecular weight is 759 g/mol. The summed E-state index contributed by atoms with van der Waals surface area (Å²) in [6.07, 6.45) is 10.2. The van der Waals surface area contributed by atoms with E-state index in [2.05, 4.69) is 34.6 Å². The Labute approximate surface area is 332 Å². The summed E-state index contributed by atoms with van der Waals surface area (Å²) in [5.41, 5.74) is 5.51. The summed E-state index contributed by atoms with van der Waals surface area (Å²) < 4.78 is 30.2. The highest BCUT2D eigenvalue weighted by molar-refractivity contribution is 5.68. The van der Waals surface area contributed by atoms with Crippen molar-refractivity contribution in [2.24, 2.45) is 17.8 Å². The summed E-state index contributed by atoms with van der Waals surface area (Å²) in [5, 5.41) is 11.1. The highest BCUT2D eigenvalue weighted by atomic mass is 16.7. The monoisotopic (exact) mass is 759 g/mol. The summed E-state index contributed by atoms with van der Waals surface area (Å²) in [6.45, 7) is 18.3. The molecule has 5 unspecified atom stereocenters. The number of carbonyl (C=O) groups excluding carboxylic acids is 1. The van der Waals surface area contributed by atoms with Gasteiger partial charge in [-0.15, -0.1) is 0 Å². The molecule has 0 aliphatic carbocycles. The fourth-order valence-corrected chi connectivity index (χ4v) is 7.71. The maximum absolute atomic E-state index is 13.4. The van der Waals surface area contributed by atoms with Crippen LogP contribution in [0.4, 0.5) is 4.79 Å². The summed E-state index contributed by atoms with van der Waals surface area (Å²) in [5.74, 6) is 3.77. The van der Waals surface area contributed by atoms with Gasteiger partial charge in [0.2, 0.25) is 0 Å². The molecule has 0 aromatic heterocycles. The van der Waals surface area contributed by atoms with Crippen LogP contribution in [0.2, 0.25) is 0 Å². The standard InChI is InChI=1S/C48H70O7/c1-34(2)18-15-19-35(3)20-16-21-36(4)22-17-28-48(8)29-27-42-39(7)45(37(5)38(6)46(42)55-48)54-47(50)53-44(33-52-31-41-25-13-10-14-26-41)43(49)32-51-30-40-23-11-9-12-24-40/h9-14,23-26,34-36,43-44,49H,15-22,27-33H2,1-8H3. The van der Waals surface area contributed by atoms with E-state index in [4.69, 9.17) is 23.7 Å². The maximum Gasteiger partial charge on any atom is 0.514 e. The first-order valence-electron chi connectivity index (χ1n) is 21.0. The van der Waals surface area contributed by atoms with Crippen LogP contribution in [0.5, 0.6) is 11.5 Å². The zero-order valence-corrected chi connectivity index (χ0v) is 35.2. The molecule has 0 saturated carbocycles. The van der Waals surface area contributed by atoms with Crippen LogP contribution in [0, 0.1) is 38.5 Å². The highest BCUT2D eigenvalue weighted by Crippen LogP contribution is 2.45. The Morgan fingerprint density at radius 3 is 1.87 bits per heavy atom. The predicted molar refractivity (Wildman–Crippen MR) is 222 cm³/mol. The van der Waals surface area contributed by atoms with E-state index in [1.54, 1.807) is 0 Å². The van der Waals surface area contributed by atoms with Gasteiger partial charge in [0.05, 0.1) is 26.4 Å². The minimum absolute atomic E-state index is 0.0238. The molecule has 304 valence electrons. The van der Waals surface area contributed by atoms with Crippen molar-refractivity contribution in [1.82, 2.24) is 0 Å². The summed E-state index contributed by atoms with van der Waals surface area (Å²) in [6, 6.07) is 19.5. The SMILES string of the molecule is Cc1c(C)c2c(c(C)c1OC(=O)OC(COCc1ccccc1)C(O)COCc1ccccc1)CCC(C)(CCCC(C)CCCC(C)CCCC(C)C)O2. The van der Waals surface area contributed by atoms with Crippen molar-refractivity contribution in [3.63, 3.8) is 0 Å². The van der Waals surface area contributed by atoms with E-state index in [9.17, 15) is 9.90 Å². The predicted octanol–water partition coefficient (Wildman–Crippen LogP) is 11.8. The topological polar surface area (TPSA) is 83.5 Å². The van der Waals surface area contributed by atoms with E-state index in [0.29, 0.717) is 19.0 Å². The van der Waals surface area contributed by atoms with Crippen molar-refractivity contribution in [2.75, 3.05) is 13.2 Å². The lowest BCUT2D eigenvalue weighted by atomic mass is 9.83. The summed E-state index contributed by atoms with van der Waals surface area (Å²) in [7, 11) is 0. The van der Waals surface area contributed by atoms with Gasteiger partial charge in [0.15, 0.2) is 6.10 Å². The van der Waals surface area contributed by atoms with Crippen molar-refractivity contribution in [3.05, 3.63) is 94.0 Å². The molecule has 4 rings (SSSR count). The summed E-state index contributed by atoms with van der Waals surface area (Å²) >= 11 is 0. The minimum atomic E-state index is -1.12. The van der Waals surface area contributed by atoms with E-state index in [1.807, 2.05) is 81.4 Å². The minimum Gasteiger partial charge on any atom is -0.487 e. The lowest BCUT2D eigenvalue weighted by Crippen LogP contribution is -2.39. The van der Waals surface area contributed by atoms with Gasteiger partial charge in [-0.25, -0.2) is 4.79 Å². The first kappa shape index (κ1) is 44.3. The first-order chi connectivity index (χ1) is 26.3. The second kappa shape index (κ2) is 22.4. The molecule has 1 aliphatic heterocycles. The van der Waals surface area contributed by atoms with Gasteiger partial charge < -0.3 is 28.8 Å². The van der Waals surface area contributed by atoms with Crippen molar-refractivity contribution >= 4 is 6.16 Å². The normalized spacial score (nSPS) is 17.6. The van der Waals surface area contributed by atoms with Gasteiger partial charge in [0, 0.05) is 5.56 Å². The number of carbonyl (C=O) groups is 1. The fraction of sp³-hybridized carbons (Fsp3) is 0.604. The van der Waals surface area contributed by atoms with Crippen LogP contribution in [0.15, 0.2) is 60.7 Å². The van der Waals surface area contributed by atoms with Crippen LogP contribution in [0.3, 0.4) is 0 Å². The lowest BCUT2D eigenvalue weighted by molar-refractivity contribution is -0.0877. The van der Waals surface area contributed by atoms with Crippen LogP contribution in [0.1, 0.15) is 132 Å². The lowest BCUT2D eigenvalue weighted by Gasteiger charge is -2.38. The number of ether oxygens (including phenoxy) is 5. The molecule has 3 aromatic rings. The second-order valence-corrected chi connectivity index (χ2v) is 17.0. The van der Waals surface area contributed by atoms with Crippen molar-refractivity contribution in [3.8, 4) is 11.5 Å². The van der Waals surface area contributed by atoms with Gasteiger partial charge in [0.1, 0.15) is 23.2 Å². The quantitative estimate of drug-likeness (QED) is 0.0761. The molecule has 0 spiro atoms. The first-order valence-corrected chi connectivity index (χ1v) is 21.0. The number of hydrogen-bond acceptors (Lipinski definition) is 7. The Morgan fingerprint density at radius 2 is 1.29 bits per heavy atom. The third kappa shape index (κ3) is 14.6. The Kier molecular flexibility index (Phi) is 18.0. The molecule has 0 fully saturated rings. The number of aliphatic hydroxyl groups is 1. The smallest absolute Gasteiger partial charge is 0.487 e. The largest absolute Gasteiger partial charge is 0.514 e. The molecule has 3 aromatic carbocycles. The number of fused-ring (bicyclic) bond motifs is 1. The van der Waals surface area contributed by atoms with Gasteiger partial charge >= 0.3 is 6.16 Å². The molecule has 7 heteroatoms. The molecule has 1 N–H and O–H groups in total. The zero-order chi connectivity index (χ0) is 39.8. The van der Waals surface area contributed by atoms with E-state index in [-0.39, 0.29) is 18.8 Å². The Morgan fingerprint density at radius 1 is 0.745 bits per heavy atom. The average Bonchev–Trinajstić information content (AvgIpc) is 3.16. The van der Waals surface area contributed by atoms with E-state index >= 15 is 0 Å². The zero-order valence-electron chi connectivity index (χ0n) is 35.2. The molecule has 0 bridgehead atoms. The van der Waals surface area contributed by atoms with Crippen LogP contribution in [-0.2, 0) is 33.8 Å². The van der Waals surface area contributed by atoms with Crippen LogP contribution >= 0.6 is 0 Å². The molecule has 0 radical (unpaired) electrons. The molecule has 7 nitrogen and oxygen atoms in total. The van der Waals surface area contributed by atoms with Gasteiger partial charge in [-0.2, -0.15) is 0 Å². The van der Waals surface area contributed by atoms with Crippen molar-refractivity contribution in [1.29, 1.82) is 0 Å². The second-order valence-electron chi connectivity index (χ2n) is 17.0. The van der Waals surface area contributed by atoms with Gasteiger partial charge in [0.25, 0.3) is 0 Å². The molecule has 0 saturated heterocycles. The Balaban J connectivity index is 1.31. The van der Waals surface area contributed by atoms with E-state index < -0.39 is 18.4 Å². The molecule has 1 aliphatic rings. The van der Waals surface area contributed by atoms with Crippen molar-refractivity contribution in [2.45, 2.75) is 157 Å². The van der Waals surface area contributed by atoms with Crippen LogP contribution in [0.25, 0.3) is 0 Å². The highest BCUT2D eigenvalue weighted by Gasteiger charge is 2.35. The molecular formula is C48H70O7. The van der Waals surface area contributed by atoms with Gasteiger partial charge in [-0.3, -0.25) is 0 Å². The van der Waals surface area contributed by atoms with E-state index in [0.717, 1.165) is 82.6 Å². The maximum atomic E-state index is 13.4. The van der Waals surface area contributed by atoms with Crippen LogP contribution < -0.4 is 9.47 Å². The Bertz CT molecular complexity index is 1570. The Hall–Kier alpha value is -3.39. The third-order valence-electron chi connectivity index (χ3n) is 11.5. The van der Waals surface area contributed by atoms with E-state index in [1.165, 1.54) is 44.9 Å². The summed E-state index contributed by atoms with van der Waals surface area (Å²) in [4.78, 5) is 13.4. The van der Waals surface area contributed by atoms with Crippen molar-refractivity contribution < 1.29 is 33.6 Å². The van der Waals surface area contributed by atoms with Crippen LogP contribution in [-0.4, -0.2) is 42.3 Å². The van der Waals surface area contributed by atoms with Gasteiger partial charge in [-0.1, -0.05) is 133 Å². The number of rotatable bonds is 23. The number of hydrogen-bond donors (Lipinski definition) is 1. The molecule has 5 atom stereocenters. The molecular weight excluding hydrogens is 689 g/mol. The molecule has 55 heavy (non-hydrogen) atoms. The molecule has 1 heterocycles.